The number of nitrogen functional groups attached to an aromatic ring is 1. The summed E-state index contributed by atoms with van der Waals surface area (Å²) in [5.41, 5.74) is 7.87. The van der Waals surface area contributed by atoms with Gasteiger partial charge in [0.05, 0.1) is 18.0 Å². The number of amidine groups is 1. The Balaban J connectivity index is 2.19. The number of carbonyl (C=O) groups excluding carboxylic acids is 2. The van der Waals surface area contributed by atoms with Gasteiger partial charge < -0.3 is 10.5 Å². The lowest BCUT2D eigenvalue weighted by atomic mass is 10.0. The number of ether oxygens (including phenoxy) is 1. The van der Waals surface area contributed by atoms with E-state index in [2.05, 4.69) is 10.3 Å². The third-order valence-corrected chi connectivity index (χ3v) is 4.26. The van der Waals surface area contributed by atoms with Crippen LogP contribution in [0.3, 0.4) is 0 Å². The zero-order valence-electron chi connectivity index (χ0n) is 15.4. The van der Waals surface area contributed by atoms with E-state index in [1.54, 1.807) is 36.6 Å². The number of nitrogens with two attached hydrogens (primary N) is 1. The van der Waals surface area contributed by atoms with Crippen molar-refractivity contribution in [1.29, 1.82) is 0 Å². The van der Waals surface area contributed by atoms with Crippen LogP contribution in [0.5, 0.6) is 0 Å². The van der Waals surface area contributed by atoms with Crippen molar-refractivity contribution in [1.82, 2.24) is 5.32 Å². The van der Waals surface area contributed by atoms with Gasteiger partial charge in [0.15, 0.2) is 11.0 Å². The molecule has 0 saturated carbocycles. The van der Waals surface area contributed by atoms with Crippen molar-refractivity contribution in [3.8, 4) is 0 Å². The molecule has 0 atom stereocenters. The predicted octanol–water partition coefficient (Wildman–Crippen LogP) is 4.38. The number of nitrogens with one attached hydrogen (secondary N) is 1. The molecule has 0 aromatic heterocycles. The fraction of sp³-hybridized carbons (Fsp3) is 0.250. The summed E-state index contributed by atoms with van der Waals surface area (Å²) in [5, 5.41) is 2.93. The Hall–Kier alpha value is -2.80. The summed E-state index contributed by atoms with van der Waals surface area (Å²) >= 11 is 1.25. The molecular weight excluding hydrogens is 362 g/mol. The fourth-order valence-electron chi connectivity index (χ4n) is 2.20. The van der Waals surface area contributed by atoms with E-state index in [1.165, 1.54) is 11.8 Å². The first kappa shape index (κ1) is 20.5. The summed E-state index contributed by atoms with van der Waals surface area (Å²) in [7, 11) is 0. The van der Waals surface area contributed by atoms with Gasteiger partial charge in [0.2, 0.25) is 0 Å². The van der Waals surface area contributed by atoms with Crippen molar-refractivity contribution in [3.05, 3.63) is 59.7 Å². The first-order chi connectivity index (χ1) is 13.0. The summed E-state index contributed by atoms with van der Waals surface area (Å²) < 4.78 is 5.07. The van der Waals surface area contributed by atoms with E-state index in [9.17, 15) is 9.59 Å². The number of unbranched alkanes of at least 4 members (excludes halogenated alkanes) is 1. The van der Waals surface area contributed by atoms with E-state index in [1.807, 2.05) is 25.1 Å². The molecule has 2 aromatic carbocycles. The number of thioether (sulfide) groups is 1. The van der Waals surface area contributed by atoms with E-state index in [0.717, 1.165) is 12.8 Å². The topological polar surface area (TPSA) is 93.8 Å². The van der Waals surface area contributed by atoms with Gasteiger partial charge in [-0.3, -0.25) is 10.1 Å². The van der Waals surface area contributed by atoms with E-state index in [4.69, 9.17) is 10.5 Å². The van der Waals surface area contributed by atoms with Gasteiger partial charge in [-0.05, 0) is 30.9 Å². The summed E-state index contributed by atoms with van der Waals surface area (Å²) in [6, 6.07) is 13.9. The number of aliphatic imine (C=N–C) groups is 1. The molecule has 0 aliphatic carbocycles. The van der Waals surface area contributed by atoms with Crippen molar-refractivity contribution in [2.75, 3.05) is 18.6 Å². The molecule has 3 N–H and O–H groups in total. The summed E-state index contributed by atoms with van der Waals surface area (Å²) in [4.78, 5) is 28.8. The van der Waals surface area contributed by atoms with Crippen LogP contribution in [0.25, 0.3) is 0 Å². The molecule has 6 nitrogen and oxygen atoms in total. The number of rotatable bonds is 6. The van der Waals surface area contributed by atoms with Gasteiger partial charge in [0, 0.05) is 11.1 Å². The minimum absolute atomic E-state index is 0.121. The fourth-order valence-corrected chi connectivity index (χ4v) is 2.58. The molecule has 0 spiro atoms. The largest absolute Gasteiger partial charge is 0.449 e. The van der Waals surface area contributed by atoms with Crippen LogP contribution in [0, 0.1) is 0 Å². The molecule has 0 aliphatic rings. The van der Waals surface area contributed by atoms with Gasteiger partial charge >= 0.3 is 6.09 Å². The zero-order chi connectivity index (χ0) is 19.6. The Morgan fingerprint density at radius 2 is 1.89 bits per heavy atom. The Morgan fingerprint density at radius 1 is 1.15 bits per heavy atom. The smallest absolute Gasteiger partial charge is 0.413 e. The molecule has 0 bridgehead atoms. The molecule has 0 radical (unpaired) electrons. The molecule has 142 valence electrons. The van der Waals surface area contributed by atoms with E-state index in [-0.39, 0.29) is 5.78 Å². The van der Waals surface area contributed by atoms with Crippen LogP contribution in [-0.4, -0.2) is 29.9 Å². The highest BCUT2D eigenvalue weighted by atomic mass is 32.2. The minimum Gasteiger partial charge on any atom is -0.449 e. The Kier molecular flexibility index (Phi) is 7.88. The Labute approximate surface area is 163 Å². The van der Waals surface area contributed by atoms with Crippen LogP contribution in [0.15, 0.2) is 53.5 Å². The molecule has 1 amide bonds. The number of alkyl carbamates (subject to hydrolysis) is 1. The van der Waals surface area contributed by atoms with Crippen LogP contribution >= 0.6 is 11.8 Å². The van der Waals surface area contributed by atoms with E-state index in [0.29, 0.717) is 34.3 Å². The maximum Gasteiger partial charge on any atom is 0.413 e. The number of anilines is 1. The number of ketones is 1. The third-order valence-electron chi connectivity index (χ3n) is 3.68. The average molecular weight is 385 g/mol. The molecule has 0 saturated heterocycles. The van der Waals surface area contributed by atoms with E-state index >= 15 is 0 Å². The lowest BCUT2D eigenvalue weighted by molar-refractivity contribution is 0.103. The first-order valence-corrected chi connectivity index (χ1v) is 9.83. The number of benzene rings is 2. The van der Waals surface area contributed by atoms with Gasteiger partial charge in [0.1, 0.15) is 0 Å². The highest BCUT2D eigenvalue weighted by Crippen LogP contribution is 2.25. The van der Waals surface area contributed by atoms with Crippen molar-refractivity contribution >= 4 is 40.2 Å². The second-order valence-corrected chi connectivity index (χ2v) is 6.50. The maximum atomic E-state index is 12.6. The summed E-state index contributed by atoms with van der Waals surface area (Å²) in [5.74, 6) is -0.121. The summed E-state index contributed by atoms with van der Waals surface area (Å²) in [6.07, 6.45) is 2.96. The third kappa shape index (κ3) is 6.14. The van der Waals surface area contributed by atoms with Crippen molar-refractivity contribution < 1.29 is 14.3 Å². The summed E-state index contributed by atoms with van der Waals surface area (Å²) in [6.45, 7) is 2.37. The second-order valence-electron chi connectivity index (χ2n) is 5.70. The number of carbonyl (C=O) groups is 2. The number of hydrogen-bond donors (Lipinski definition) is 2. The lowest BCUT2D eigenvalue weighted by Gasteiger charge is -2.09. The number of nitrogens with zero attached hydrogens (tertiary/aromatic N) is 1. The normalized spacial score (nSPS) is 11.1. The van der Waals surface area contributed by atoms with Gasteiger partial charge in [-0.1, -0.05) is 55.4 Å². The number of amides is 1. The van der Waals surface area contributed by atoms with Crippen LogP contribution in [0.4, 0.5) is 16.2 Å². The van der Waals surface area contributed by atoms with Gasteiger partial charge in [-0.2, -0.15) is 0 Å². The van der Waals surface area contributed by atoms with Gasteiger partial charge in [-0.25, -0.2) is 9.79 Å². The Bertz CT molecular complexity index is 822. The zero-order valence-corrected chi connectivity index (χ0v) is 16.2. The lowest BCUT2D eigenvalue weighted by Crippen LogP contribution is -2.29. The van der Waals surface area contributed by atoms with Gasteiger partial charge in [0.25, 0.3) is 0 Å². The van der Waals surface area contributed by atoms with Crippen molar-refractivity contribution in [2.45, 2.75) is 19.8 Å². The van der Waals surface area contributed by atoms with Gasteiger partial charge in [-0.15, -0.1) is 0 Å². The monoisotopic (exact) mass is 385 g/mol. The molecule has 27 heavy (non-hydrogen) atoms. The molecule has 0 heterocycles. The minimum atomic E-state index is -0.563. The van der Waals surface area contributed by atoms with Crippen molar-refractivity contribution in [3.63, 3.8) is 0 Å². The molecule has 0 aliphatic heterocycles. The van der Waals surface area contributed by atoms with Crippen molar-refractivity contribution in [2.24, 2.45) is 4.99 Å². The molecule has 7 heteroatoms. The Morgan fingerprint density at radius 3 is 2.56 bits per heavy atom. The SMILES string of the molecule is CCCCOC(=O)NC(=Nc1cc(C(=O)c2ccccc2)ccc1N)SC. The highest BCUT2D eigenvalue weighted by molar-refractivity contribution is 8.13. The molecule has 0 fully saturated rings. The quantitative estimate of drug-likeness (QED) is 0.253. The standard InChI is InChI=1S/C20H23N3O3S/c1-3-4-12-26-20(25)23-19(27-2)22-17-13-15(10-11-16(17)21)18(24)14-8-6-5-7-9-14/h5-11,13H,3-4,12,21H2,1-2H3,(H,22,23,25). The van der Waals surface area contributed by atoms with E-state index < -0.39 is 6.09 Å². The molecule has 2 aromatic rings. The predicted molar refractivity (Wildman–Crippen MR) is 111 cm³/mol. The molecule has 2 rings (SSSR count). The average Bonchev–Trinajstić information content (AvgIpc) is 2.69. The second kappa shape index (κ2) is 10.4. The van der Waals surface area contributed by atoms with Crippen LogP contribution in [0.2, 0.25) is 0 Å². The maximum absolute atomic E-state index is 12.6. The first-order valence-electron chi connectivity index (χ1n) is 8.61. The van der Waals surface area contributed by atoms with Crippen LogP contribution in [0.1, 0.15) is 35.7 Å². The molecular formula is C20H23N3O3S. The number of hydrogen-bond acceptors (Lipinski definition) is 6. The van der Waals surface area contributed by atoms with Crippen LogP contribution in [-0.2, 0) is 4.74 Å². The van der Waals surface area contributed by atoms with Crippen LogP contribution < -0.4 is 11.1 Å². The molecule has 0 unspecified atom stereocenters. The highest BCUT2D eigenvalue weighted by Gasteiger charge is 2.12.